The first kappa shape index (κ1) is 20.2. The largest absolute Gasteiger partial charge is 0.324 e. The van der Waals surface area contributed by atoms with Crippen molar-refractivity contribution in [2.24, 2.45) is 11.8 Å². The normalized spacial score (nSPS) is 30.8. The minimum absolute atomic E-state index is 0.161. The molecule has 4 heterocycles. The number of anilines is 2. The van der Waals surface area contributed by atoms with Gasteiger partial charge in [-0.15, -0.1) is 0 Å². The number of nitrogens with zero attached hydrogens (tertiary/aromatic N) is 2. The quantitative estimate of drug-likeness (QED) is 0.639. The zero-order valence-corrected chi connectivity index (χ0v) is 19.1. The van der Waals surface area contributed by atoms with E-state index < -0.39 is 17.4 Å². The number of benzene rings is 2. The molecule has 4 aliphatic heterocycles. The number of amides is 3. The lowest BCUT2D eigenvalue weighted by atomic mass is 9.75. The molecule has 4 atom stereocenters. The van der Waals surface area contributed by atoms with Crippen molar-refractivity contribution in [2.45, 2.75) is 38.3 Å². The second-order valence-corrected chi connectivity index (χ2v) is 10.0. The van der Waals surface area contributed by atoms with E-state index in [2.05, 4.69) is 10.2 Å². The van der Waals surface area contributed by atoms with Crippen molar-refractivity contribution < 1.29 is 14.4 Å². The van der Waals surface area contributed by atoms with E-state index in [0.717, 1.165) is 35.2 Å². The zero-order valence-electron chi connectivity index (χ0n) is 17.6. The Kier molecular flexibility index (Phi) is 4.15. The van der Waals surface area contributed by atoms with Crippen LogP contribution in [0.4, 0.5) is 11.4 Å². The fraction of sp³-hybridized carbons (Fsp3) is 0.375. The van der Waals surface area contributed by atoms with E-state index in [4.69, 9.17) is 23.2 Å². The summed E-state index contributed by atoms with van der Waals surface area (Å²) in [6.45, 7) is 4.65. The lowest BCUT2D eigenvalue weighted by Crippen LogP contribution is -2.54. The number of hydrogen-bond acceptors (Lipinski definition) is 4. The molecular formula is C24H21Cl2N3O3. The smallest absolute Gasteiger partial charge is 0.250 e. The van der Waals surface area contributed by atoms with Crippen LogP contribution in [-0.2, 0) is 19.9 Å². The van der Waals surface area contributed by atoms with Gasteiger partial charge in [-0.25, -0.2) is 4.90 Å². The minimum atomic E-state index is -1.18. The van der Waals surface area contributed by atoms with E-state index in [1.165, 1.54) is 11.0 Å². The molecule has 0 unspecified atom stereocenters. The molecule has 3 amide bonds. The molecule has 1 N–H and O–H groups in total. The molecule has 2 aromatic carbocycles. The van der Waals surface area contributed by atoms with Gasteiger partial charge in [0.25, 0.3) is 0 Å². The third kappa shape index (κ3) is 2.23. The van der Waals surface area contributed by atoms with E-state index in [1.807, 2.05) is 26.0 Å². The average molecular weight is 470 g/mol. The van der Waals surface area contributed by atoms with Gasteiger partial charge in [-0.3, -0.25) is 19.3 Å². The number of imide groups is 1. The summed E-state index contributed by atoms with van der Waals surface area (Å²) in [7, 11) is 0. The van der Waals surface area contributed by atoms with Crippen LogP contribution in [0.2, 0.25) is 10.0 Å². The molecule has 164 valence electrons. The SMILES string of the molecule is Cc1ccc2c(c1C)NC(=O)[C@@]21[C@@H]2C(=O)N(c3ccc(Cl)cc3Cl)C(=O)[C@H]2[C@@H]2CCCN21. The summed E-state index contributed by atoms with van der Waals surface area (Å²) in [4.78, 5) is 44.7. The van der Waals surface area contributed by atoms with Gasteiger partial charge >= 0.3 is 0 Å². The number of carbonyl (C=O) groups excluding carboxylic acids is 3. The maximum absolute atomic E-state index is 13.9. The highest BCUT2D eigenvalue weighted by molar-refractivity contribution is 6.38. The number of hydrogen-bond donors (Lipinski definition) is 1. The second-order valence-electron chi connectivity index (χ2n) is 9.16. The fourth-order valence-electron chi connectivity index (χ4n) is 6.42. The first-order valence-electron chi connectivity index (χ1n) is 10.8. The third-order valence-electron chi connectivity index (χ3n) is 7.85. The Labute approximate surface area is 195 Å². The van der Waals surface area contributed by atoms with Crippen molar-refractivity contribution in [1.29, 1.82) is 0 Å². The molecular weight excluding hydrogens is 449 g/mol. The Balaban J connectivity index is 1.57. The average Bonchev–Trinajstić information content (AvgIpc) is 3.45. The molecule has 6 rings (SSSR count). The van der Waals surface area contributed by atoms with Crippen LogP contribution in [0.25, 0.3) is 0 Å². The van der Waals surface area contributed by atoms with Gasteiger partial charge < -0.3 is 5.32 Å². The monoisotopic (exact) mass is 469 g/mol. The summed E-state index contributed by atoms with van der Waals surface area (Å²) < 4.78 is 0. The summed E-state index contributed by atoms with van der Waals surface area (Å²) >= 11 is 12.4. The summed E-state index contributed by atoms with van der Waals surface area (Å²) in [5.74, 6) is -2.26. The molecule has 0 radical (unpaired) electrons. The fourth-order valence-corrected chi connectivity index (χ4v) is 6.91. The summed E-state index contributed by atoms with van der Waals surface area (Å²) in [6.07, 6.45) is 1.66. The highest BCUT2D eigenvalue weighted by Gasteiger charge is 2.74. The van der Waals surface area contributed by atoms with Crippen LogP contribution in [0.3, 0.4) is 0 Å². The van der Waals surface area contributed by atoms with Gasteiger partial charge in [-0.1, -0.05) is 35.3 Å². The van der Waals surface area contributed by atoms with Gasteiger partial charge in [0.2, 0.25) is 17.7 Å². The number of aryl methyl sites for hydroxylation is 1. The van der Waals surface area contributed by atoms with Crippen molar-refractivity contribution in [1.82, 2.24) is 4.90 Å². The molecule has 3 fully saturated rings. The lowest BCUT2D eigenvalue weighted by molar-refractivity contribution is -0.135. The van der Waals surface area contributed by atoms with Gasteiger partial charge in [0.1, 0.15) is 5.54 Å². The molecule has 0 bridgehead atoms. The molecule has 6 nitrogen and oxygen atoms in total. The molecule has 0 aliphatic carbocycles. The zero-order chi connectivity index (χ0) is 22.5. The van der Waals surface area contributed by atoms with E-state index in [1.54, 1.807) is 12.1 Å². The number of rotatable bonds is 1. The number of fused-ring (bicyclic) bond motifs is 7. The van der Waals surface area contributed by atoms with Crippen LogP contribution in [-0.4, -0.2) is 35.2 Å². The summed E-state index contributed by atoms with van der Waals surface area (Å²) in [6, 6.07) is 8.50. The molecule has 1 spiro atoms. The molecule has 4 aliphatic rings. The predicted molar refractivity (Wildman–Crippen MR) is 122 cm³/mol. The van der Waals surface area contributed by atoms with Gasteiger partial charge in [0, 0.05) is 22.3 Å². The molecule has 0 aromatic heterocycles. The second kappa shape index (κ2) is 6.56. The molecule has 0 saturated carbocycles. The lowest BCUT2D eigenvalue weighted by Gasteiger charge is -2.36. The highest BCUT2D eigenvalue weighted by atomic mass is 35.5. The Bertz CT molecular complexity index is 1250. The Morgan fingerprint density at radius 2 is 1.84 bits per heavy atom. The highest BCUT2D eigenvalue weighted by Crippen LogP contribution is 2.61. The maximum atomic E-state index is 13.9. The van der Waals surface area contributed by atoms with Crippen LogP contribution in [0.5, 0.6) is 0 Å². The minimum Gasteiger partial charge on any atom is -0.324 e. The van der Waals surface area contributed by atoms with Gasteiger partial charge in [0.05, 0.1) is 22.5 Å². The number of halogens is 2. The summed E-state index contributed by atoms with van der Waals surface area (Å²) in [5.41, 5.74) is 2.76. The van der Waals surface area contributed by atoms with Crippen molar-refractivity contribution >= 4 is 52.3 Å². The Hall–Kier alpha value is -2.41. The molecule has 8 heteroatoms. The van der Waals surface area contributed by atoms with Crippen LogP contribution in [0.1, 0.15) is 29.5 Å². The van der Waals surface area contributed by atoms with Crippen LogP contribution in [0, 0.1) is 25.7 Å². The molecule has 3 saturated heterocycles. The van der Waals surface area contributed by atoms with E-state index >= 15 is 0 Å². The standard InChI is InChI=1S/C24H21Cl2N3O3/c1-11-5-7-14-20(12(11)2)27-23(32)24(14)19-18(17-4-3-9-28(17)24)21(30)29(22(19)31)16-8-6-13(25)10-15(16)26/h5-8,10,17-19H,3-4,9H2,1-2H3,(H,27,32)/t17-,18-,19-,24-/m0/s1. The Morgan fingerprint density at radius 3 is 2.59 bits per heavy atom. The van der Waals surface area contributed by atoms with Crippen molar-refractivity contribution in [3.63, 3.8) is 0 Å². The summed E-state index contributed by atoms with van der Waals surface area (Å²) in [5, 5.41) is 3.73. The maximum Gasteiger partial charge on any atom is 0.250 e. The number of nitrogens with one attached hydrogen (secondary N) is 1. The van der Waals surface area contributed by atoms with Crippen LogP contribution in [0.15, 0.2) is 30.3 Å². The van der Waals surface area contributed by atoms with Crippen LogP contribution < -0.4 is 10.2 Å². The van der Waals surface area contributed by atoms with Gasteiger partial charge in [-0.05, 0) is 62.6 Å². The predicted octanol–water partition coefficient (Wildman–Crippen LogP) is 4.04. The Morgan fingerprint density at radius 1 is 1.06 bits per heavy atom. The molecule has 32 heavy (non-hydrogen) atoms. The topological polar surface area (TPSA) is 69.7 Å². The van der Waals surface area contributed by atoms with E-state index in [-0.39, 0.29) is 28.8 Å². The first-order valence-corrected chi connectivity index (χ1v) is 11.6. The van der Waals surface area contributed by atoms with Gasteiger partial charge in [-0.2, -0.15) is 0 Å². The van der Waals surface area contributed by atoms with Gasteiger partial charge in [0.15, 0.2) is 0 Å². The third-order valence-corrected chi connectivity index (χ3v) is 8.39. The van der Waals surface area contributed by atoms with E-state index in [0.29, 0.717) is 17.3 Å². The first-order chi connectivity index (χ1) is 15.3. The van der Waals surface area contributed by atoms with E-state index in [9.17, 15) is 14.4 Å². The van der Waals surface area contributed by atoms with Crippen molar-refractivity contribution in [2.75, 3.05) is 16.8 Å². The molecule has 2 aromatic rings. The van der Waals surface area contributed by atoms with Crippen molar-refractivity contribution in [3.8, 4) is 0 Å². The van der Waals surface area contributed by atoms with Crippen molar-refractivity contribution in [3.05, 3.63) is 57.1 Å². The number of carbonyl (C=O) groups is 3. The van der Waals surface area contributed by atoms with Crippen LogP contribution >= 0.6 is 23.2 Å².